The number of fused-ring (bicyclic) bond motifs is 2. The van der Waals surface area contributed by atoms with Crippen LogP contribution in [0.25, 0.3) is 0 Å². The maximum atomic E-state index is 6.22. The molecule has 0 aromatic heterocycles. The Labute approximate surface area is 136 Å². The topological polar surface area (TPSA) is 24.5 Å². The van der Waals surface area contributed by atoms with Crippen molar-refractivity contribution in [3.63, 3.8) is 0 Å². The minimum atomic E-state index is 0.104. The zero-order chi connectivity index (χ0) is 15.5. The number of hydrogen-bond acceptors (Lipinski definition) is 3. The molecule has 116 valence electrons. The quantitative estimate of drug-likeness (QED) is 0.934. The van der Waals surface area contributed by atoms with Gasteiger partial charge in [-0.15, -0.1) is 0 Å². The smallest absolute Gasteiger partial charge is 0.125 e. The van der Waals surface area contributed by atoms with Crippen molar-refractivity contribution in [2.24, 2.45) is 0 Å². The van der Waals surface area contributed by atoms with Crippen LogP contribution in [0, 0.1) is 0 Å². The summed E-state index contributed by atoms with van der Waals surface area (Å²) in [6, 6.07) is 14.4. The number of likely N-dealkylation sites (N-methyl/N-ethyl adjacent to an activating group) is 1. The Kier molecular flexibility index (Phi) is 4.67. The molecule has 4 heteroatoms. The lowest BCUT2D eigenvalue weighted by atomic mass is 9.95. The molecule has 0 saturated carbocycles. The summed E-state index contributed by atoms with van der Waals surface area (Å²) in [5.74, 6) is 0.906. The molecule has 2 aromatic carbocycles. The minimum Gasteiger partial charge on any atom is -0.489 e. The molecule has 0 fully saturated rings. The highest BCUT2D eigenvalue weighted by atomic mass is 35.5. The summed E-state index contributed by atoms with van der Waals surface area (Å²) in [6.45, 7) is 2.48. The number of ether oxygens (including phenoxy) is 1. The summed E-state index contributed by atoms with van der Waals surface area (Å²) in [4.78, 5) is 2.17. The lowest BCUT2D eigenvalue weighted by Crippen LogP contribution is -2.30. The number of rotatable bonds is 4. The third-order valence-electron chi connectivity index (χ3n) is 3.94. The lowest BCUT2D eigenvalue weighted by molar-refractivity contribution is 0.306. The van der Waals surface area contributed by atoms with Crippen LogP contribution < -0.4 is 10.1 Å². The van der Waals surface area contributed by atoms with Crippen LogP contribution in [0.15, 0.2) is 42.5 Å². The Morgan fingerprint density at radius 2 is 2.00 bits per heavy atom. The molecule has 1 unspecified atom stereocenters. The van der Waals surface area contributed by atoms with Gasteiger partial charge in [0.25, 0.3) is 0 Å². The molecule has 0 spiro atoms. The molecular weight excluding hydrogens is 296 g/mol. The van der Waals surface area contributed by atoms with Crippen molar-refractivity contribution in [2.75, 3.05) is 27.2 Å². The maximum absolute atomic E-state index is 6.22. The fourth-order valence-electron chi connectivity index (χ4n) is 2.80. The van der Waals surface area contributed by atoms with Gasteiger partial charge in [-0.2, -0.15) is 0 Å². The minimum absolute atomic E-state index is 0.104. The highest BCUT2D eigenvalue weighted by Crippen LogP contribution is 2.37. The van der Waals surface area contributed by atoms with Crippen LogP contribution in [0.4, 0.5) is 0 Å². The Bertz CT molecular complexity index is 657. The van der Waals surface area contributed by atoms with Gasteiger partial charge in [0.1, 0.15) is 12.4 Å². The normalized spacial score (nSPS) is 16.6. The second-order valence-corrected chi connectivity index (χ2v) is 6.30. The van der Waals surface area contributed by atoms with Gasteiger partial charge >= 0.3 is 0 Å². The summed E-state index contributed by atoms with van der Waals surface area (Å²) < 4.78 is 5.98. The van der Waals surface area contributed by atoms with Gasteiger partial charge in [0.15, 0.2) is 0 Å². The number of benzene rings is 2. The predicted molar refractivity (Wildman–Crippen MR) is 90.6 cm³/mol. The second kappa shape index (κ2) is 6.69. The van der Waals surface area contributed by atoms with E-state index in [4.69, 9.17) is 16.3 Å². The van der Waals surface area contributed by atoms with E-state index in [1.54, 1.807) is 0 Å². The van der Waals surface area contributed by atoms with Crippen molar-refractivity contribution in [1.82, 2.24) is 10.2 Å². The molecule has 0 aliphatic carbocycles. The Morgan fingerprint density at radius 1 is 1.18 bits per heavy atom. The lowest BCUT2D eigenvalue weighted by Gasteiger charge is -2.22. The molecule has 2 aromatic rings. The zero-order valence-corrected chi connectivity index (χ0v) is 13.7. The first-order valence-electron chi connectivity index (χ1n) is 7.53. The SMILES string of the molecule is CN(C)CCNC1c2ccccc2COc2ccc(Cl)cc21. The molecule has 1 atom stereocenters. The van der Waals surface area contributed by atoms with E-state index >= 15 is 0 Å². The standard InChI is InChI=1S/C18H21ClN2O/c1-21(2)10-9-20-18-15-6-4-3-5-13(15)12-22-17-8-7-14(19)11-16(17)18/h3-8,11,18,20H,9-10,12H2,1-2H3. The van der Waals surface area contributed by atoms with Crippen LogP contribution in [0.3, 0.4) is 0 Å². The first-order chi connectivity index (χ1) is 10.6. The average Bonchev–Trinajstić information content (AvgIpc) is 2.65. The Balaban J connectivity index is 1.98. The molecule has 3 rings (SSSR count). The van der Waals surface area contributed by atoms with Crippen LogP contribution >= 0.6 is 11.6 Å². The van der Waals surface area contributed by atoms with Crippen LogP contribution in [-0.4, -0.2) is 32.1 Å². The zero-order valence-electron chi connectivity index (χ0n) is 13.0. The van der Waals surface area contributed by atoms with Crippen molar-refractivity contribution in [2.45, 2.75) is 12.6 Å². The van der Waals surface area contributed by atoms with E-state index in [1.165, 1.54) is 11.1 Å². The van der Waals surface area contributed by atoms with Crippen LogP contribution in [-0.2, 0) is 6.61 Å². The highest BCUT2D eigenvalue weighted by molar-refractivity contribution is 6.30. The molecule has 1 heterocycles. The molecule has 1 N–H and O–H groups in total. The summed E-state index contributed by atoms with van der Waals surface area (Å²) in [6.07, 6.45) is 0. The fraction of sp³-hybridized carbons (Fsp3) is 0.333. The highest BCUT2D eigenvalue weighted by Gasteiger charge is 2.24. The monoisotopic (exact) mass is 316 g/mol. The molecule has 0 bridgehead atoms. The summed E-state index contributed by atoms with van der Waals surface area (Å²) in [7, 11) is 4.16. The van der Waals surface area contributed by atoms with Gasteiger partial charge in [-0.05, 0) is 43.4 Å². The number of hydrogen-bond donors (Lipinski definition) is 1. The van der Waals surface area contributed by atoms with Gasteiger partial charge in [0.2, 0.25) is 0 Å². The molecule has 22 heavy (non-hydrogen) atoms. The van der Waals surface area contributed by atoms with Gasteiger partial charge in [-0.25, -0.2) is 0 Å². The second-order valence-electron chi connectivity index (χ2n) is 5.86. The molecule has 1 aliphatic heterocycles. The number of nitrogens with zero attached hydrogens (tertiary/aromatic N) is 1. The summed E-state index contributed by atoms with van der Waals surface area (Å²) >= 11 is 6.22. The van der Waals surface area contributed by atoms with E-state index < -0.39 is 0 Å². The van der Waals surface area contributed by atoms with Gasteiger partial charge in [-0.3, -0.25) is 0 Å². The van der Waals surface area contributed by atoms with Crippen molar-refractivity contribution < 1.29 is 4.74 Å². The van der Waals surface area contributed by atoms with E-state index in [0.29, 0.717) is 6.61 Å². The van der Waals surface area contributed by atoms with E-state index in [2.05, 4.69) is 48.6 Å². The van der Waals surface area contributed by atoms with E-state index in [1.807, 2.05) is 18.2 Å². The predicted octanol–water partition coefficient (Wildman–Crippen LogP) is 3.47. The van der Waals surface area contributed by atoms with E-state index in [-0.39, 0.29) is 6.04 Å². The van der Waals surface area contributed by atoms with Crippen molar-refractivity contribution in [1.29, 1.82) is 0 Å². The molecule has 0 radical (unpaired) electrons. The van der Waals surface area contributed by atoms with Crippen molar-refractivity contribution in [3.05, 3.63) is 64.2 Å². The van der Waals surface area contributed by atoms with Crippen LogP contribution in [0.1, 0.15) is 22.7 Å². The maximum Gasteiger partial charge on any atom is 0.125 e. The third kappa shape index (κ3) is 3.27. The van der Waals surface area contributed by atoms with Gasteiger partial charge < -0.3 is 15.0 Å². The van der Waals surface area contributed by atoms with Crippen LogP contribution in [0.2, 0.25) is 5.02 Å². The Hall–Kier alpha value is -1.55. The molecule has 1 aliphatic rings. The average molecular weight is 317 g/mol. The summed E-state index contributed by atoms with van der Waals surface area (Å²) in [5.41, 5.74) is 3.59. The molecule has 3 nitrogen and oxygen atoms in total. The fourth-order valence-corrected chi connectivity index (χ4v) is 2.98. The van der Waals surface area contributed by atoms with Gasteiger partial charge in [-0.1, -0.05) is 35.9 Å². The number of nitrogens with one attached hydrogen (secondary N) is 1. The molecular formula is C18H21ClN2O. The summed E-state index contributed by atoms with van der Waals surface area (Å²) in [5, 5.41) is 4.39. The first kappa shape index (κ1) is 15.3. The van der Waals surface area contributed by atoms with Crippen LogP contribution in [0.5, 0.6) is 5.75 Å². The van der Waals surface area contributed by atoms with Crippen molar-refractivity contribution >= 4 is 11.6 Å². The van der Waals surface area contributed by atoms with Crippen molar-refractivity contribution in [3.8, 4) is 5.75 Å². The molecule has 0 saturated heterocycles. The largest absolute Gasteiger partial charge is 0.489 e. The first-order valence-corrected chi connectivity index (χ1v) is 7.91. The molecule has 0 amide bonds. The van der Waals surface area contributed by atoms with E-state index in [9.17, 15) is 0 Å². The van der Waals surface area contributed by atoms with Gasteiger partial charge in [0.05, 0.1) is 6.04 Å². The van der Waals surface area contributed by atoms with Gasteiger partial charge in [0, 0.05) is 23.7 Å². The number of halogens is 1. The Morgan fingerprint density at radius 3 is 2.82 bits per heavy atom. The third-order valence-corrected chi connectivity index (χ3v) is 4.17. The van der Waals surface area contributed by atoms with E-state index in [0.717, 1.165) is 29.4 Å².